The van der Waals surface area contributed by atoms with Crippen molar-refractivity contribution in [1.29, 1.82) is 0 Å². The van der Waals surface area contributed by atoms with E-state index in [1.165, 1.54) is 12.1 Å². The number of nitrogens with one attached hydrogen (secondary N) is 1. The highest BCUT2D eigenvalue weighted by Crippen LogP contribution is 2.23. The van der Waals surface area contributed by atoms with Crippen LogP contribution in [0.3, 0.4) is 0 Å². The summed E-state index contributed by atoms with van der Waals surface area (Å²) in [5.74, 6) is -0.931. The first kappa shape index (κ1) is 13.1. The van der Waals surface area contributed by atoms with Crippen molar-refractivity contribution in [3.63, 3.8) is 0 Å². The van der Waals surface area contributed by atoms with E-state index in [1.807, 2.05) is 37.3 Å². The topological polar surface area (TPSA) is 55.1 Å². The van der Waals surface area contributed by atoms with Gasteiger partial charge in [0, 0.05) is 5.69 Å². The first-order valence-corrected chi connectivity index (χ1v) is 5.95. The van der Waals surface area contributed by atoms with Crippen LogP contribution in [0.25, 0.3) is 0 Å². The molecule has 19 heavy (non-hydrogen) atoms. The number of rotatable bonds is 4. The molecule has 0 aliphatic carbocycles. The first-order chi connectivity index (χ1) is 9.08. The fourth-order valence-corrected chi connectivity index (χ4v) is 1.93. The number of amides is 1. The van der Waals surface area contributed by atoms with Crippen LogP contribution in [0.2, 0.25) is 0 Å². The Labute approximate surface area is 111 Å². The monoisotopic (exact) mass is 258 g/mol. The summed E-state index contributed by atoms with van der Waals surface area (Å²) < 4.78 is 13.3. The number of carbonyl (C=O) groups excluding carboxylic acids is 1. The van der Waals surface area contributed by atoms with E-state index in [0.29, 0.717) is 5.56 Å². The molecule has 2 aromatic rings. The second-order valence-corrected chi connectivity index (χ2v) is 4.35. The lowest BCUT2D eigenvalue weighted by Crippen LogP contribution is -2.28. The second-order valence-electron chi connectivity index (χ2n) is 4.35. The molecule has 0 spiro atoms. The lowest BCUT2D eigenvalue weighted by Gasteiger charge is -2.19. The lowest BCUT2D eigenvalue weighted by molar-refractivity contribution is -0.118. The molecule has 0 aliphatic rings. The summed E-state index contributed by atoms with van der Waals surface area (Å²) in [5.41, 5.74) is 7.54. The average Bonchev–Trinajstić information content (AvgIpc) is 2.40. The SMILES string of the molecule is Cc1ccc(F)cc1C(Nc1ccccc1)C(N)=O. The van der Waals surface area contributed by atoms with Crippen LogP contribution in [-0.4, -0.2) is 5.91 Å². The van der Waals surface area contributed by atoms with Crippen LogP contribution in [0, 0.1) is 12.7 Å². The molecule has 2 rings (SSSR count). The molecule has 0 saturated heterocycles. The predicted molar refractivity (Wildman–Crippen MR) is 73.1 cm³/mol. The summed E-state index contributed by atoms with van der Waals surface area (Å²) in [4.78, 5) is 11.6. The van der Waals surface area contributed by atoms with Gasteiger partial charge in [-0.2, -0.15) is 0 Å². The van der Waals surface area contributed by atoms with E-state index in [4.69, 9.17) is 5.73 Å². The van der Waals surface area contributed by atoms with Gasteiger partial charge < -0.3 is 11.1 Å². The molecule has 0 radical (unpaired) electrons. The number of hydrogen-bond acceptors (Lipinski definition) is 2. The van der Waals surface area contributed by atoms with Crippen LogP contribution in [0.1, 0.15) is 17.2 Å². The molecule has 1 amide bonds. The maximum absolute atomic E-state index is 13.3. The number of hydrogen-bond donors (Lipinski definition) is 2. The summed E-state index contributed by atoms with van der Waals surface area (Å²) in [6.45, 7) is 1.82. The van der Waals surface area contributed by atoms with Gasteiger partial charge in [0.05, 0.1) is 0 Å². The van der Waals surface area contributed by atoms with Crippen molar-refractivity contribution in [2.24, 2.45) is 5.73 Å². The Morgan fingerprint density at radius 1 is 1.21 bits per heavy atom. The van der Waals surface area contributed by atoms with Crippen molar-refractivity contribution >= 4 is 11.6 Å². The van der Waals surface area contributed by atoms with Crippen molar-refractivity contribution in [3.05, 3.63) is 65.5 Å². The van der Waals surface area contributed by atoms with Crippen molar-refractivity contribution in [3.8, 4) is 0 Å². The number of halogens is 1. The molecule has 2 aromatic carbocycles. The second kappa shape index (κ2) is 5.52. The van der Waals surface area contributed by atoms with Gasteiger partial charge in [-0.25, -0.2) is 4.39 Å². The maximum atomic E-state index is 13.3. The van der Waals surface area contributed by atoms with Gasteiger partial charge in [-0.05, 0) is 42.3 Å². The number of anilines is 1. The number of nitrogens with two attached hydrogens (primary N) is 1. The molecule has 1 atom stereocenters. The smallest absolute Gasteiger partial charge is 0.244 e. The third kappa shape index (κ3) is 3.10. The Hall–Kier alpha value is -2.36. The van der Waals surface area contributed by atoms with Crippen molar-refractivity contribution in [1.82, 2.24) is 0 Å². The zero-order chi connectivity index (χ0) is 13.8. The number of aryl methyl sites for hydroxylation is 1. The van der Waals surface area contributed by atoms with Crippen LogP contribution in [0.4, 0.5) is 10.1 Å². The average molecular weight is 258 g/mol. The zero-order valence-electron chi connectivity index (χ0n) is 10.6. The largest absolute Gasteiger partial charge is 0.370 e. The Morgan fingerprint density at radius 2 is 1.89 bits per heavy atom. The normalized spacial score (nSPS) is 11.9. The minimum absolute atomic E-state index is 0.387. The summed E-state index contributed by atoms with van der Waals surface area (Å²) in [7, 11) is 0. The zero-order valence-corrected chi connectivity index (χ0v) is 10.6. The van der Waals surface area contributed by atoms with Gasteiger partial charge in [0.1, 0.15) is 11.9 Å². The van der Waals surface area contributed by atoms with E-state index in [2.05, 4.69) is 5.32 Å². The summed E-state index contributed by atoms with van der Waals surface area (Å²) in [5, 5.41) is 3.02. The van der Waals surface area contributed by atoms with E-state index >= 15 is 0 Å². The molecule has 4 heteroatoms. The number of para-hydroxylation sites is 1. The molecule has 3 N–H and O–H groups in total. The minimum Gasteiger partial charge on any atom is -0.370 e. The fourth-order valence-electron chi connectivity index (χ4n) is 1.93. The molecular formula is C15H15FN2O. The molecular weight excluding hydrogens is 243 g/mol. The number of benzene rings is 2. The van der Waals surface area contributed by atoms with E-state index in [1.54, 1.807) is 6.07 Å². The Balaban J connectivity index is 2.35. The molecule has 0 aliphatic heterocycles. The first-order valence-electron chi connectivity index (χ1n) is 5.95. The number of carbonyl (C=O) groups is 1. The van der Waals surface area contributed by atoms with Crippen LogP contribution in [-0.2, 0) is 4.79 Å². The van der Waals surface area contributed by atoms with Gasteiger partial charge in [0.2, 0.25) is 5.91 Å². The van der Waals surface area contributed by atoms with Crippen LogP contribution < -0.4 is 11.1 Å². The Kier molecular flexibility index (Phi) is 3.80. The number of primary amides is 1. The van der Waals surface area contributed by atoms with E-state index < -0.39 is 11.9 Å². The quantitative estimate of drug-likeness (QED) is 0.886. The van der Waals surface area contributed by atoms with Crippen LogP contribution >= 0.6 is 0 Å². The van der Waals surface area contributed by atoms with Crippen LogP contribution in [0.5, 0.6) is 0 Å². The molecule has 1 unspecified atom stereocenters. The van der Waals surface area contributed by atoms with Crippen molar-refractivity contribution in [2.75, 3.05) is 5.32 Å². The van der Waals surface area contributed by atoms with Gasteiger partial charge in [-0.15, -0.1) is 0 Å². The van der Waals surface area contributed by atoms with Gasteiger partial charge >= 0.3 is 0 Å². The van der Waals surface area contributed by atoms with Gasteiger partial charge in [0.15, 0.2) is 0 Å². The van der Waals surface area contributed by atoms with E-state index in [-0.39, 0.29) is 5.82 Å². The molecule has 0 bridgehead atoms. The maximum Gasteiger partial charge on any atom is 0.244 e. The predicted octanol–water partition coefficient (Wildman–Crippen LogP) is 2.77. The highest BCUT2D eigenvalue weighted by Gasteiger charge is 2.20. The van der Waals surface area contributed by atoms with Gasteiger partial charge in [0.25, 0.3) is 0 Å². The molecule has 0 heterocycles. The minimum atomic E-state index is -0.752. The Morgan fingerprint density at radius 3 is 2.53 bits per heavy atom. The molecule has 98 valence electrons. The standard InChI is InChI=1S/C15H15FN2O/c1-10-7-8-11(16)9-13(10)14(15(17)19)18-12-5-3-2-4-6-12/h2-9,14,18H,1H3,(H2,17,19). The summed E-state index contributed by atoms with van der Waals surface area (Å²) >= 11 is 0. The van der Waals surface area contributed by atoms with E-state index in [0.717, 1.165) is 11.3 Å². The Bertz CT molecular complexity index is 584. The lowest BCUT2D eigenvalue weighted by atomic mass is 10.00. The molecule has 0 fully saturated rings. The summed E-state index contributed by atoms with van der Waals surface area (Å²) in [6.07, 6.45) is 0. The van der Waals surface area contributed by atoms with E-state index in [9.17, 15) is 9.18 Å². The van der Waals surface area contributed by atoms with Gasteiger partial charge in [-0.3, -0.25) is 4.79 Å². The van der Waals surface area contributed by atoms with Crippen LogP contribution in [0.15, 0.2) is 48.5 Å². The molecule has 0 aromatic heterocycles. The van der Waals surface area contributed by atoms with Crippen molar-refractivity contribution < 1.29 is 9.18 Å². The highest BCUT2D eigenvalue weighted by molar-refractivity contribution is 5.84. The third-order valence-electron chi connectivity index (χ3n) is 2.92. The third-order valence-corrected chi connectivity index (χ3v) is 2.92. The highest BCUT2D eigenvalue weighted by atomic mass is 19.1. The van der Waals surface area contributed by atoms with Gasteiger partial charge in [-0.1, -0.05) is 24.3 Å². The van der Waals surface area contributed by atoms with Crippen molar-refractivity contribution in [2.45, 2.75) is 13.0 Å². The fraction of sp³-hybridized carbons (Fsp3) is 0.133. The summed E-state index contributed by atoms with van der Waals surface area (Å²) in [6, 6.07) is 12.8. The molecule has 3 nitrogen and oxygen atoms in total. The molecule has 0 saturated carbocycles.